The topological polar surface area (TPSA) is 49.4 Å². The van der Waals surface area contributed by atoms with Crippen molar-refractivity contribution in [2.24, 2.45) is 0 Å². The summed E-state index contributed by atoms with van der Waals surface area (Å²) < 4.78 is 0. The molecule has 0 radical (unpaired) electrons. The van der Waals surface area contributed by atoms with E-state index in [2.05, 4.69) is 5.32 Å². The number of thioether (sulfide) groups is 1. The number of amides is 2. The summed E-state index contributed by atoms with van der Waals surface area (Å²) in [7, 11) is 0. The molecule has 1 fully saturated rings. The van der Waals surface area contributed by atoms with E-state index in [4.69, 9.17) is 0 Å². The van der Waals surface area contributed by atoms with E-state index in [9.17, 15) is 9.59 Å². The fourth-order valence-corrected chi connectivity index (χ4v) is 2.74. The Balaban J connectivity index is 2.30. The number of carbonyl (C=O) groups excluding carboxylic acids is 2. The fourth-order valence-electron chi connectivity index (χ4n) is 2.40. The van der Waals surface area contributed by atoms with Crippen LogP contribution in [0.3, 0.4) is 0 Å². The number of hydrogen-bond acceptors (Lipinski definition) is 3. The molecular formula is C15H20N2O2S. The van der Waals surface area contributed by atoms with Gasteiger partial charge in [-0.25, -0.2) is 0 Å². The number of hydrogen-bond donors (Lipinski definition) is 1. The van der Waals surface area contributed by atoms with Crippen molar-refractivity contribution in [1.82, 2.24) is 10.2 Å². The number of carbonyl (C=O) groups is 2. The predicted molar refractivity (Wildman–Crippen MR) is 81.5 cm³/mol. The van der Waals surface area contributed by atoms with E-state index in [0.717, 1.165) is 5.56 Å². The molecule has 1 aromatic rings. The Morgan fingerprint density at radius 1 is 1.40 bits per heavy atom. The summed E-state index contributed by atoms with van der Waals surface area (Å²) in [5.74, 6) is 0.105. The van der Waals surface area contributed by atoms with Crippen molar-refractivity contribution in [2.75, 3.05) is 19.3 Å². The molecule has 1 aromatic carbocycles. The summed E-state index contributed by atoms with van der Waals surface area (Å²) in [6, 6.07) is 9.62. The van der Waals surface area contributed by atoms with E-state index in [0.29, 0.717) is 19.5 Å². The number of nitrogens with zero attached hydrogens (tertiary/aromatic N) is 1. The highest BCUT2D eigenvalue weighted by molar-refractivity contribution is 7.99. The van der Waals surface area contributed by atoms with Gasteiger partial charge in [0.1, 0.15) is 0 Å². The maximum absolute atomic E-state index is 12.5. The first-order valence-electron chi connectivity index (χ1n) is 6.78. The lowest BCUT2D eigenvalue weighted by Crippen LogP contribution is -2.40. The molecule has 2 rings (SSSR count). The van der Waals surface area contributed by atoms with Crippen LogP contribution in [0.1, 0.15) is 24.9 Å². The fraction of sp³-hybridized carbons (Fsp3) is 0.467. The molecule has 0 bridgehead atoms. The summed E-state index contributed by atoms with van der Waals surface area (Å²) in [4.78, 5) is 26.2. The number of rotatable bonds is 3. The molecule has 1 aliphatic rings. The van der Waals surface area contributed by atoms with Crippen LogP contribution < -0.4 is 5.32 Å². The van der Waals surface area contributed by atoms with E-state index in [1.165, 1.54) is 11.8 Å². The quantitative estimate of drug-likeness (QED) is 0.924. The van der Waals surface area contributed by atoms with Crippen LogP contribution in [-0.2, 0) is 9.59 Å². The van der Waals surface area contributed by atoms with Crippen molar-refractivity contribution >= 4 is 23.6 Å². The Morgan fingerprint density at radius 3 is 2.75 bits per heavy atom. The molecule has 0 spiro atoms. The zero-order valence-corrected chi connectivity index (χ0v) is 12.7. The third kappa shape index (κ3) is 3.33. The highest BCUT2D eigenvalue weighted by atomic mass is 32.2. The van der Waals surface area contributed by atoms with Crippen LogP contribution in [0.4, 0.5) is 0 Å². The van der Waals surface area contributed by atoms with Gasteiger partial charge in [0.2, 0.25) is 11.8 Å². The summed E-state index contributed by atoms with van der Waals surface area (Å²) in [5.41, 5.74) is 1.02. The highest BCUT2D eigenvalue weighted by Crippen LogP contribution is 2.27. The molecule has 0 aromatic heterocycles. The lowest BCUT2D eigenvalue weighted by Gasteiger charge is -2.31. The van der Waals surface area contributed by atoms with Crippen molar-refractivity contribution in [2.45, 2.75) is 24.6 Å². The van der Waals surface area contributed by atoms with Crippen LogP contribution in [0, 0.1) is 0 Å². The summed E-state index contributed by atoms with van der Waals surface area (Å²) in [5, 5.41) is 2.76. The average Bonchev–Trinajstić information content (AvgIpc) is 2.68. The van der Waals surface area contributed by atoms with Crippen LogP contribution >= 0.6 is 11.8 Å². The zero-order valence-electron chi connectivity index (χ0n) is 11.8. The third-order valence-electron chi connectivity index (χ3n) is 3.60. The van der Waals surface area contributed by atoms with Crippen LogP contribution in [0.2, 0.25) is 0 Å². The van der Waals surface area contributed by atoms with Gasteiger partial charge in [-0.2, -0.15) is 11.8 Å². The lowest BCUT2D eigenvalue weighted by molar-refractivity contribution is -0.132. The lowest BCUT2D eigenvalue weighted by atomic mass is 10.0. The molecule has 20 heavy (non-hydrogen) atoms. The van der Waals surface area contributed by atoms with Gasteiger partial charge in [-0.1, -0.05) is 30.3 Å². The Hall–Kier alpha value is -1.49. The summed E-state index contributed by atoms with van der Waals surface area (Å²) in [6.45, 7) is 3.00. The first-order valence-corrected chi connectivity index (χ1v) is 8.07. The standard InChI is InChI=1S/C15H20N2O2S/c1-11(20-2)15(19)17-9-8-16-14(18)10-13(17)12-6-4-3-5-7-12/h3-7,11,13H,8-10H2,1-2H3,(H,16,18). The molecule has 2 amide bonds. The van der Waals surface area contributed by atoms with E-state index >= 15 is 0 Å². The largest absolute Gasteiger partial charge is 0.354 e. The summed E-state index contributed by atoms with van der Waals surface area (Å²) in [6.07, 6.45) is 2.26. The number of nitrogens with one attached hydrogen (secondary N) is 1. The second kappa shape index (κ2) is 6.79. The van der Waals surface area contributed by atoms with E-state index in [1.54, 1.807) is 0 Å². The van der Waals surface area contributed by atoms with Gasteiger partial charge < -0.3 is 10.2 Å². The smallest absolute Gasteiger partial charge is 0.235 e. The van der Waals surface area contributed by atoms with Crippen LogP contribution in [-0.4, -0.2) is 41.3 Å². The molecule has 1 aliphatic heterocycles. The molecular weight excluding hydrogens is 272 g/mol. The molecule has 4 nitrogen and oxygen atoms in total. The SMILES string of the molecule is CSC(C)C(=O)N1CCNC(=O)CC1c1ccccc1. The van der Waals surface area contributed by atoms with Crippen molar-refractivity contribution < 1.29 is 9.59 Å². The van der Waals surface area contributed by atoms with Gasteiger partial charge in [-0.15, -0.1) is 0 Å². The van der Waals surface area contributed by atoms with E-state index < -0.39 is 0 Å². The van der Waals surface area contributed by atoms with Crippen molar-refractivity contribution in [1.29, 1.82) is 0 Å². The van der Waals surface area contributed by atoms with Gasteiger partial charge >= 0.3 is 0 Å². The third-order valence-corrected chi connectivity index (χ3v) is 4.51. The molecule has 2 unspecified atom stereocenters. The van der Waals surface area contributed by atoms with Crippen LogP contribution in [0.15, 0.2) is 30.3 Å². The molecule has 0 aliphatic carbocycles. The molecule has 2 atom stereocenters. The van der Waals surface area contributed by atoms with E-state index in [-0.39, 0.29) is 23.1 Å². The van der Waals surface area contributed by atoms with Gasteiger partial charge in [0.25, 0.3) is 0 Å². The van der Waals surface area contributed by atoms with Crippen LogP contribution in [0.5, 0.6) is 0 Å². The highest BCUT2D eigenvalue weighted by Gasteiger charge is 2.31. The molecule has 1 heterocycles. The predicted octanol–water partition coefficient (Wildman–Crippen LogP) is 1.83. The molecule has 1 N–H and O–H groups in total. The minimum absolute atomic E-state index is 0.00552. The molecule has 0 saturated carbocycles. The first kappa shape index (κ1) is 14.9. The van der Waals surface area contributed by atoms with Crippen molar-refractivity contribution in [3.05, 3.63) is 35.9 Å². The minimum atomic E-state index is -0.166. The van der Waals surface area contributed by atoms with Gasteiger partial charge in [0.05, 0.1) is 17.7 Å². The first-order chi connectivity index (χ1) is 9.63. The zero-order chi connectivity index (χ0) is 14.5. The van der Waals surface area contributed by atoms with Crippen LogP contribution in [0.25, 0.3) is 0 Å². The maximum Gasteiger partial charge on any atom is 0.235 e. The Kier molecular flexibility index (Phi) is 5.06. The molecule has 108 valence electrons. The second-order valence-corrected chi connectivity index (χ2v) is 6.07. The maximum atomic E-state index is 12.5. The minimum Gasteiger partial charge on any atom is -0.354 e. The van der Waals surface area contributed by atoms with Crippen molar-refractivity contribution in [3.63, 3.8) is 0 Å². The van der Waals surface area contributed by atoms with E-state index in [1.807, 2.05) is 48.4 Å². The van der Waals surface area contributed by atoms with Gasteiger partial charge in [-0.05, 0) is 18.7 Å². The molecule has 5 heteroatoms. The Bertz CT molecular complexity index is 478. The van der Waals surface area contributed by atoms with Crippen molar-refractivity contribution in [3.8, 4) is 0 Å². The Morgan fingerprint density at radius 2 is 2.10 bits per heavy atom. The van der Waals surface area contributed by atoms with Gasteiger partial charge in [0, 0.05) is 13.1 Å². The second-order valence-electron chi connectivity index (χ2n) is 4.89. The number of benzene rings is 1. The van der Waals surface area contributed by atoms with Gasteiger partial charge in [-0.3, -0.25) is 9.59 Å². The Labute approximate surface area is 123 Å². The normalized spacial score (nSPS) is 21.0. The van der Waals surface area contributed by atoms with Gasteiger partial charge in [0.15, 0.2) is 0 Å². The average molecular weight is 292 g/mol. The monoisotopic (exact) mass is 292 g/mol. The summed E-state index contributed by atoms with van der Waals surface area (Å²) >= 11 is 1.53. The molecule has 1 saturated heterocycles.